The molecule has 1 N–H and O–H groups in total. The number of aryl methyl sites for hydroxylation is 1. The van der Waals surface area contributed by atoms with E-state index in [0.29, 0.717) is 18.5 Å². The van der Waals surface area contributed by atoms with Gasteiger partial charge in [-0.3, -0.25) is 9.78 Å². The summed E-state index contributed by atoms with van der Waals surface area (Å²) in [6.45, 7) is 18.5. The van der Waals surface area contributed by atoms with Crippen LogP contribution in [0.1, 0.15) is 73.7 Å². The molecule has 1 aromatic heterocycles. The molecule has 1 amide bonds. The van der Waals surface area contributed by atoms with Gasteiger partial charge in [0, 0.05) is 24.0 Å². The largest absolute Gasteiger partial charge is 0.348 e. The Morgan fingerprint density at radius 3 is 2.39 bits per heavy atom. The van der Waals surface area contributed by atoms with Gasteiger partial charge in [0.1, 0.15) is 0 Å². The Hall–Kier alpha value is -2.91. The smallest absolute Gasteiger partial charge is 0.253 e. The van der Waals surface area contributed by atoms with Gasteiger partial charge in [0.05, 0.1) is 5.56 Å². The van der Waals surface area contributed by atoms with Gasteiger partial charge in [-0.05, 0) is 60.6 Å². The topological polar surface area (TPSA) is 42.0 Å². The molecular weight excluding hydrogens is 428 g/mol. The van der Waals surface area contributed by atoms with E-state index in [9.17, 15) is 4.79 Å². The predicted octanol–water partition coefficient (Wildman–Crippen LogP) is 7.82. The lowest BCUT2D eigenvalue weighted by Gasteiger charge is -2.11. The van der Waals surface area contributed by atoms with Crippen LogP contribution in [-0.2, 0) is 19.4 Å². The number of rotatable bonds is 10. The second-order valence-corrected chi connectivity index (χ2v) is 7.83. The van der Waals surface area contributed by atoms with Crippen LogP contribution in [0.2, 0.25) is 0 Å². The highest BCUT2D eigenvalue weighted by molar-refractivity contribution is 6.48. The molecular formula is C29H37ClN2O. The number of nitrogens with zero attached hydrogens (tertiary/aromatic N) is 1. The quantitative estimate of drug-likeness (QED) is 0.364. The molecule has 4 heteroatoms. The number of hydrogen-bond donors (Lipinski definition) is 1. The molecule has 0 saturated carbocycles. The lowest BCUT2D eigenvalue weighted by Crippen LogP contribution is -2.23. The summed E-state index contributed by atoms with van der Waals surface area (Å²) in [5, 5.41) is 3.70. The molecule has 0 fully saturated rings. The van der Waals surface area contributed by atoms with Crippen LogP contribution in [0.3, 0.4) is 0 Å². The van der Waals surface area contributed by atoms with E-state index in [1.54, 1.807) is 12.4 Å². The Balaban J connectivity index is 0.00000265. The highest BCUT2D eigenvalue weighted by Crippen LogP contribution is 2.24. The average molecular weight is 465 g/mol. The van der Waals surface area contributed by atoms with Crippen molar-refractivity contribution in [3.05, 3.63) is 107 Å². The summed E-state index contributed by atoms with van der Waals surface area (Å²) in [6.07, 6.45) is 11.6. The second-order valence-electron chi connectivity index (χ2n) is 7.43. The highest BCUT2D eigenvalue weighted by atomic mass is 35.5. The molecule has 0 saturated heterocycles. The van der Waals surface area contributed by atoms with E-state index >= 15 is 0 Å². The molecule has 3 nitrogen and oxygen atoms in total. The predicted molar refractivity (Wildman–Crippen MR) is 143 cm³/mol. The number of carbonyl (C=O) groups excluding carboxylic acids is 1. The second kappa shape index (κ2) is 15.0. The third kappa shape index (κ3) is 9.23. The van der Waals surface area contributed by atoms with Crippen molar-refractivity contribution >= 4 is 22.5 Å². The molecule has 2 rings (SSSR count). The van der Waals surface area contributed by atoms with Gasteiger partial charge < -0.3 is 5.32 Å². The third-order valence-electron chi connectivity index (χ3n) is 5.02. The molecule has 2 aromatic rings. The van der Waals surface area contributed by atoms with Crippen molar-refractivity contribution < 1.29 is 4.79 Å². The molecule has 0 bridgehead atoms. The molecule has 0 spiro atoms. The number of allylic oxidation sites excluding steroid dienone is 5. The summed E-state index contributed by atoms with van der Waals surface area (Å²) in [4.78, 5) is 16.9. The van der Waals surface area contributed by atoms with E-state index in [0.717, 1.165) is 45.7 Å². The van der Waals surface area contributed by atoms with Crippen molar-refractivity contribution in [1.29, 1.82) is 0 Å². The Bertz CT molecular complexity index is 1020. The monoisotopic (exact) mass is 464 g/mol. The maximum Gasteiger partial charge on any atom is 0.253 e. The first-order chi connectivity index (χ1) is 15.9. The van der Waals surface area contributed by atoms with Crippen LogP contribution >= 0.6 is 11.6 Å². The van der Waals surface area contributed by atoms with Gasteiger partial charge in [0.2, 0.25) is 0 Å². The van der Waals surface area contributed by atoms with E-state index in [2.05, 4.69) is 43.4 Å². The minimum Gasteiger partial charge on any atom is -0.348 e. The van der Waals surface area contributed by atoms with Crippen molar-refractivity contribution in [3.63, 3.8) is 0 Å². The Morgan fingerprint density at radius 1 is 1.06 bits per heavy atom. The summed E-state index contributed by atoms with van der Waals surface area (Å²) in [5.74, 6) is -0.159. The fraction of sp³-hybridized carbons (Fsp3) is 0.310. The van der Waals surface area contributed by atoms with E-state index in [1.165, 1.54) is 5.56 Å². The molecule has 176 valence electrons. The maximum atomic E-state index is 12.7. The summed E-state index contributed by atoms with van der Waals surface area (Å²) in [5.41, 5.74) is 6.67. The number of aromatic nitrogens is 1. The van der Waals surface area contributed by atoms with E-state index in [1.807, 2.05) is 57.2 Å². The van der Waals surface area contributed by atoms with Gasteiger partial charge in [-0.2, -0.15) is 0 Å². The minimum atomic E-state index is -0.159. The SMILES string of the molecule is C=C(/C=C\C(=C)Cc1cncc(C(=O)NCc2ccc(CC)c(/C(Cl)=C\C)c2)c1)CC.CC. The summed E-state index contributed by atoms with van der Waals surface area (Å²) < 4.78 is 0. The van der Waals surface area contributed by atoms with E-state index in [4.69, 9.17) is 11.6 Å². The van der Waals surface area contributed by atoms with Gasteiger partial charge in [-0.1, -0.05) is 94.0 Å². The van der Waals surface area contributed by atoms with Crippen LogP contribution in [0.15, 0.2) is 79.2 Å². The van der Waals surface area contributed by atoms with Gasteiger partial charge in [0.25, 0.3) is 5.91 Å². The van der Waals surface area contributed by atoms with Gasteiger partial charge >= 0.3 is 0 Å². The Morgan fingerprint density at radius 2 is 1.76 bits per heavy atom. The molecule has 0 radical (unpaired) electrons. The normalized spacial score (nSPS) is 11.0. The number of hydrogen-bond acceptors (Lipinski definition) is 2. The summed E-state index contributed by atoms with van der Waals surface area (Å²) in [7, 11) is 0. The number of benzene rings is 1. The Kier molecular flexibility index (Phi) is 12.8. The van der Waals surface area contributed by atoms with Crippen molar-refractivity contribution in [1.82, 2.24) is 10.3 Å². The van der Waals surface area contributed by atoms with Crippen LogP contribution in [0, 0.1) is 0 Å². The van der Waals surface area contributed by atoms with Crippen LogP contribution in [0.25, 0.3) is 5.03 Å². The number of halogens is 1. The first-order valence-corrected chi connectivity index (χ1v) is 11.9. The standard InChI is InChI=1S/C27H31ClN2O.C2H6/c1-6-19(4)9-10-20(5)13-22-14-24(18-29-16-22)27(31)30-17-21-11-12-23(7-2)25(15-21)26(28)8-3;1-2/h8-12,14-16,18H,4-7,13,17H2,1-3H3,(H,30,31);1-2H3/b10-9-,26-8+;. The lowest BCUT2D eigenvalue weighted by atomic mass is 10.0. The summed E-state index contributed by atoms with van der Waals surface area (Å²) >= 11 is 6.36. The first kappa shape index (κ1) is 28.1. The van der Waals surface area contributed by atoms with Crippen molar-refractivity contribution in [3.8, 4) is 0 Å². The fourth-order valence-electron chi connectivity index (χ4n) is 3.09. The molecule has 33 heavy (non-hydrogen) atoms. The fourth-order valence-corrected chi connectivity index (χ4v) is 3.26. The Labute approximate surface area is 205 Å². The molecule has 0 unspecified atom stereocenters. The zero-order valence-corrected chi connectivity index (χ0v) is 21.4. The first-order valence-electron chi connectivity index (χ1n) is 11.6. The molecule has 1 aromatic carbocycles. The van der Waals surface area contributed by atoms with Crippen LogP contribution in [0.4, 0.5) is 0 Å². The van der Waals surface area contributed by atoms with Crippen LogP contribution < -0.4 is 5.32 Å². The summed E-state index contributed by atoms with van der Waals surface area (Å²) in [6, 6.07) is 7.99. The molecule has 0 aliphatic heterocycles. The zero-order valence-electron chi connectivity index (χ0n) is 20.7. The molecule has 0 aliphatic rings. The van der Waals surface area contributed by atoms with Crippen LogP contribution in [0.5, 0.6) is 0 Å². The average Bonchev–Trinajstić information content (AvgIpc) is 2.86. The molecule has 1 heterocycles. The molecule has 0 aliphatic carbocycles. The van der Waals surface area contributed by atoms with E-state index < -0.39 is 0 Å². The zero-order chi connectivity index (χ0) is 24.8. The van der Waals surface area contributed by atoms with Crippen molar-refractivity contribution in [2.45, 2.75) is 60.4 Å². The highest BCUT2D eigenvalue weighted by Gasteiger charge is 2.10. The van der Waals surface area contributed by atoms with Crippen LogP contribution in [-0.4, -0.2) is 10.9 Å². The third-order valence-corrected chi connectivity index (χ3v) is 5.44. The number of amides is 1. The van der Waals surface area contributed by atoms with Gasteiger partial charge in [0.15, 0.2) is 0 Å². The molecule has 0 atom stereocenters. The maximum absolute atomic E-state index is 12.7. The lowest BCUT2D eigenvalue weighted by molar-refractivity contribution is 0.0950. The van der Waals surface area contributed by atoms with E-state index in [-0.39, 0.29) is 5.91 Å². The van der Waals surface area contributed by atoms with Gasteiger partial charge in [-0.15, -0.1) is 0 Å². The minimum absolute atomic E-state index is 0.159. The number of nitrogens with one attached hydrogen (secondary N) is 1. The number of pyridine rings is 1. The number of carbonyl (C=O) groups is 1. The van der Waals surface area contributed by atoms with Crippen molar-refractivity contribution in [2.75, 3.05) is 0 Å². The van der Waals surface area contributed by atoms with Gasteiger partial charge in [-0.25, -0.2) is 0 Å². The van der Waals surface area contributed by atoms with Crippen molar-refractivity contribution in [2.24, 2.45) is 0 Å².